The molecule has 0 amide bonds. The first-order chi connectivity index (χ1) is 9.78. The Balaban J connectivity index is 1.76. The first kappa shape index (κ1) is 13.3. The van der Waals surface area contributed by atoms with E-state index in [4.69, 9.17) is 0 Å². The van der Waals surface area contributed by atoms with Crippen LogP contribution in [0.4, 0.5) is 0 Å². The molecular weight excluding hydrogens is 248 g/mol. The van der Waals surface area contributed by atoms with Gasteiger partial charge in [-0.05, 0) is 37.4 Å². The van der Waals surface area contributed by atoms with Gasteiger partial charge in [-0.15, -0.1) is 0 Å². The number of hydrogen-bond donors (Lipinski definition) is 1. The zero-order valence-electron chi connectivity index (χ0n) is 12.3. The number of nitrogens with zero attached hydrogens (tertiary/aromatic N) is 3. The van der Waals surface area contributed by atoms with Gasteiger partial charge in [-0.2, -0.15) is 5.10 Å². The summed E-state index contributed by atoms with van der Waals surface area (Å²) in [6.45, 7) is 2.90. The van der Waals surface area contributed by atoms with Crippen molar-refractivity contribution in [2.24, 2.45) is 0 Å². The zero-order valence-corrected chi connectivity index (χ0v) is 12.3. The van der Waals surface area contributed by atoms with Crippen LogP contribution in [0.5, 0.6) is 0 Å². The standard InChI is InChI=1S/C16H22N4/c1-3-15-17-16(19-18-15)11-20(2)14-10-6-8-12-7-4-5-9-13(12)14/h4-5,7,9,14H,3,6,8,10-11H2,1-2H3,(H,17,18,19)/t14-/m0/s1. The highest BCUT2D eigenvalue weighted by Crippen LogP contribution is 2.33. The Bertz CT molecular complexity index is 575. The Hall–Kier alpha value is -1.68. The number of aryl methyl sites for hydroxylation is 2. The summed E-state index contributed by atoms with van der Waals surface area (Å²) in [5, 5.41) is 7.26. The first-order valence-corrected chi connectivity index (χ1v) is 7.46. The smallest absolute Gasteiger partial charge is 0.150 e. The molecule has 1 N–H and O–H groups in total. The molecule has 0 unspecified atom stereocenters. The highest BCUT2D eigenvalue weighted by atomic mass is 15.2. The molecule has 0 bridgehead atoms. The van der Waals surface area contributed by atoms with Crippen LogP contribution in [0.2, 0.25) is 0 Å². The Labute approximate surface area is 120 Å². The molecular formula is C16H22N4. The number of hydrogen-bond acceptors (Lipinski definition) is 3. The lowest BCUT2D eigenvalue weighted by molar-refractivity contribution is 0.208. The van der Waals surface area contributed by atoms with Crippen molar-refractivity contribution in [1.82, 2.24) is 20.1 Å². The largest absolute Gasteiger partial charge is 0.292 e. The third-order valence-electron chi connectivity index (χ3n) is 4.16. The summed E-state index contributed by atoms with van der Waals surface area (Å²) in [6, 6.07) is 9.32. The van der Waals surface area contributed by atoms with Crippen molar-refractivity contribution in [2.45, 2.75) is 45.2 Å². The van der Waals surface area contributed by atoms with Crippen LogP contribution in [0.15, 0.2) is 24.3 Å². The van der Waals surface area contributed by atoms with Crippen molar-refractivity contribution in [2.75, 3.05) is 7.05 Å². The molecule has 3 rings (SSSR count). The summed E-state index contributed by atoms with van der Waals surface area (Å²) in [4.78, 5) is 6.90. The van der Waals surface area contributed by atoms with E-state index in [2.05, 4.69) is 58.3 Å². The quantitative estimate of drug-likeness (QED) is 0.929. The lowest BCUT2D eigenvalue weighted by Gasteiger charge is -2.32. The fourth-order valence-corrected chi connectivity index (χ4v) is 3.10. The predicted molar refractivity (Wildman–Crippen MR) is 79.3 cm³/mol. The third kappa shape index (κ3) is 2.61. The Morgan fingerprint density at radius 1 is 1.35 bits per heavy atom. The molecule has 4 nitrogen and oxygen atoms in total. The van der Waals surface area contributed by atoms with Crippen molar-refractivity contribution >= 4 is 0 Å². The molecule has 0 saturated carbocycles. The highest BCUT2D eigenvalue weighted by Gasteiger charge is 2.23. The van der Waals surface area contributed by atoms with Gasteiger partial charge in [0, 0.05) is 12.5 Å². The van der Waals surface area contributed by atoms with Crippen molar-refractivity contribution in [1.29, 1.82) is 0 Å². The maximum atomic E-state index is 4.51. The second-order valence-corrected chi connectivity index (χ2v) is 5.57. The molecule has 1 aliphatic rings. The summed E-state index contributed by atoms with van der Waals surface area (Å²) in [5.41, 5.74) is 2.99. The van der Waals surface area contributed by atoms with Crippen molar-refractivity contribution in [3.63, 3.8) is 0 Å². The average Bonchev–Trinajstić information content (AvgIpc) is 2.94. The van der Waals surface area contributed by atoms with Crippen LogP contribution in [0.1, 0.15) is 48.6 Å². The Morgan fingerprint density at radius 2 is 2.20 bits per heavy atom. The van der Waals surface area contributed by atoms with Gasteiger partial charge in [0.25, 0.3) is 0 Å². The molecule has 2 aromatic rings. The molecule has 20 heavy (non-hydrogen) atoms. The summed E-state index contributed by atoms with van der Waals surface area (Å²) in [5.74, 6) is 1.87. The van der Waals surface area contributed by atoms with Gasteiger partial charge in [0.15, 0.2) is 0 Å². The van der Waals surface area contributed by atoms with Crippen LogP contribution < -0.4 is 0 Å². The Kier molecular flexibility index (Phi) is 3.83. The second-order valence-electron chi connectivity index (χ2n) is 5.57. The number of aromatic nitrogens is 3. The maximum absolute atomic E-state index is 4.51. The van der Waals surface area contributed by atoms with Gasteiger partial charge in [0.1, 0.15) is 11.6 Å². The molecule has 4 heteroatoms. The van der Waals surface area contributed by atoms with Crippen LogP contribution >= 0.6 is 0 Å². The van der Waals surface area contributed by atoms with Crippen LogP contribution in [0, 0.1) is 0 Å². The van der Waals surface area contributed by atoms with Crippen LogP contribution in [-0.4, -0.2) is 27.1 Å². The molecule has 1 atom stereocenters. The summed E-state index contributed by atoms with van der Waals surface area (Å²) < 4.78 is 0. The van der Waals surface area contributed by atoms with Gasteiger partial charge in [-0.3, -0.25) is 10.00 Å². The van der Waals surface area contributed by atoms with Crippen molar-refractivity contribution in [3.8, 4) is 0 Å². The van der Waals surface area contributed by atoms with E-state index in [-0.39, 0.29) is 0 Å². The molecule has 0 saturated heterocycles. The van der Waals surface area contributed by atoms with Crippen LogP contribution in [0.25, 0.3) is 0 Å². The van der Waals surface area contributed by atoms with E-state index in [0.29, 0.717) is 6.04 Å². The number of aromatic amines is 1. The minimum absolute atomic E-state index is 0.495. The monoisotopic (exact) mass is 270 g/mol. The molecule has 106 valence electrons. The molecule has 0 fully saturated rings. The van der Waals surface area contributed by atoms with E-state index in [1.807, 2.05) is 0 Å². The topological polar surface area (TPSA) is 44.8 Å². The molecule has 1 aromatic carbocycles. The van der Waals surface area contributed by atoms with E-state index in [1.165, 1.54) is 30.4 Å². The van der Waals surface area contributed by atoms with Crippen molar-refractivity contribution in [3.05, 3.63) is 47.0 Å². The summed E-state index contributed by atoms with van der Waals surface area (Å²) in [7, 11) is 2.18. The van der Waals surface area contributed by atoms with Crippen molar-refractivity contribution < 1.29 is 0 Å². The van der Waals surface area contributed by atoms with Gasteiger partial charge < -0.3 is 0 Å². The molecule has 0 spiro atoms. The SMILES string of the molecule is CCc1n[nH]c(CN(C)[C@H]2CCCc3ccccc32)n1. The number of H-pyrrole nitrogens is 1. The number of fused-ring (bicyclic) bond motifs is 1. The molecule has 1 heterocycles. The molecule has 0 aliphatic heterocycles. The van der Waals surface area contributed by atoms with E-state index < -0.39 is 0 Å². The maximum Gasteiger partial charge on any atom is 0.150 e. The van der Waals surface area contributed by atoms with Gasteiger partial charge in [0.05, 0.1) is 6.54 Å². The van der Waals surface area contributed by atoms with E-state index >= 15 is 0 Å². The van der Waals surface area contributed by atoms with E-state index in [1.54, 1.807) is 0 Å². The molecule has 1 aromatic heterocycles. The minimum Gasteiger partial charge on any atom is -0.292 e. The zero-order chi connectivity index (χ0) is 13.9. The lowest BCUT2D eigenvalue weighted by Crippen LogP contribution is -2.27. The fraction of sp³-hybridized carbons (Fsp3) is 0.500. The molecule has 1 aliphatic carbocycles. The highest BCUT2D eigenvalue weighted by molar-refractivity contribution is 5.32. The average molecular weight is 270 g/mol. The lowest BCUT2D eigenvalue weighted by atomic mass is 9.87. The van der Waals surface area contributed by atoms with Gasteiger partial charge in [-0.25, -0.2) is 4.98 Å². The summed E-state index contributed by atoms with van der Waals surface area (Å²) in [6.07, 6.45) is 4.58. The number of benzene rings is 1. The first-order valence-electron chi connectivity index (χ1n) is 7.46. The number of nitrogens with one attached hydrogen (secondary N) is 1. The van der Waals surface area contributed by atoms with E-state index in [0.717, 1.165) is 24.6 Å². The Morgan fingerprint density at radius 3 is 3.00 bits per heavy atom. The summed E-state index contributed by atoms with van der Waals surface area (Å²) >= 11 is 0. The number of rotatable bonds is 4. The van der Waals surface area contributed by atoms with Crippen LogP contribution in [-0.2, 0) is 19.4 Å². The van der Waals surface area contributed by atoms with Crippen LogP contribution in [0.3, 0.4) is 0 Å². The second kappa shape index (κ2) is 5.75. The van der Waals surface area contributed by atoms with Gasteiger partial charge >= 0.3 is 0 Å². The van der Waals surface area contributed by atoms with E-state index in [9.17, 15) is 0 Å². The molecule has 0 radical (unpaired) electrons. The normalized spacial score (nSPS) is 18.2. The van der Waals surface area contributed by atoms with Gasteiger partial charge in [0.2, 0.25) is 0 Å². The fourth-order valence-electron chi connectivity index (χ4n) is 3.10. The van der Waals surface area contributed by atoms with Gasteiger partial charge in [-0.1, -0.05) is 31.2 Å². The minimum atomic E-state index is 0.495. The predicted octanol–water partition coefficient (Wildman–Crippen LogP) is 2.88. The third-order valence-corrected chi connectivity index (χ3v) is 4.16.